The lowest BCUT2D eigenvalue weighted by Gasteiger charge is -2.15. The summed E-state index contributed by atoms with van der Waals surface area (Å²) in [4.78, 5) is 19.1. The van der Waals surface area contributed by atoms with Gasteiger partial charge in [0.15, 0.2) is 0 Å². The number of pyridine rings is 1. The molecule has 1 fully saturated rings. The van der Waals surface area contributed by atoms with Crippen molar-refractivity contribution in [3.05, 3.63) is 22.2 Å². The average molecular weight is 343 g/mol. The van der Waals surface area contributed by atoms with Crippen molar-refractivity contribution in [1.82, 2.24) is 10.3 Å². The van der Waals surface area contributed by atoms with Crippen molar-refractivity contribution in [2.24, 2.45) is 0 Å². The standard InChI is InChI=1S/C19H25N3OS/c20-16-14-11-12-7-5-6-10-15(12)22-19(14)24-17(16)18(23)21-13-8-3-1-2-4-9-13/h11,13H,1-10,20H2,(H,21,23). The van der Waals surface area contributed by atoms with Crippen LogP contribution in [0.3, 0.4) is 0 Å². The minimum Gasteiger partial charge on any atom is -0.397 e. The first-order valence-corrected chi connectivity index (χ1v) is 10.1. The maximum Gasteiger partial charge on any atom is 0.263 e. The Morgan fingerprint density at radius 2 is 1.88 bits per heavy atom. The number of thiophene rings is 1. The third-order valence-corrected chi connectivity index (χ3v) is 6.51. The molecule has 0 spiro atoms. The quantitative estimate of drug-likeness (QED) is 0.803. The van der Waals surface area contributed by atoms with Crippen LogP contribution in [0, 0.1) is 0 Å². The number of aromatic nitrogens is 1. The van der Waals surface area contributed by atoms with Gasteiger partial charge in [0, 0.05) is 17.1 Å². The molecule has 0 atom stereocenters. The van der Waals surface area contributed by atoms with Crippen molar-refractivity contribution in [3.63, 3.8) is 0 Å². The lowest BCUT2D eigenvalue weighted by molar-refractivity contribution is 0.0938. The molecular weight excluding hydrogens is 318 g/mol. The van der Waals surface area contributed by atoms with Crippen molar-refractivity contribution in [2.75, 3.05) is 5.73 Å². The van der Waals surface area contributed by atoms with Crippen molar-refractivity contribution in [1.29, 1.82) is 0 Å². The Kier molecular flexibility index (Phi) is 4.44. The molecule has 2 aromatic rings. The van der Waals surface area contributed by atoms with E-state index in [1.807, 2.05) is 0 Å². The van der Waals surface area contributed by atoms with Gasteiger partial charge in [0.1, 0.15) is 9.71 Å². The molecule has 0 saturated heterocycles. The molecular formula is C19H25N3OS. The van der Waals surface area contributed by atoms with Gasteiger partial charge in [-0.15, -0.1) is 11.3 Å². The summed E-state index contributed by atoms with van der Waals surface area (Å²) in [7, 11) is 0. The summed E-state index contributed by atoms with van der Waals surface area (Å²) < 4.78 is 0. The number of amides is 1. The Labute approximate surface area is 146 Å². The molecule has 1 saturated carbocycles. The molecule has 0 bridgehead atoms. The fourth-order valence-electron chi connectivity index (χ4n) is 4.00. The van der Waals surface area contributed by atoms with Crippen LogP contribution < -0.4 is 11.1 Å². The van der Waals surface area contributed by atoms with Crippen LogP contribution in [-0.2, 0) is 12.8 Å². The Morgan fingerprint density at radius 1 is 1.12 bits per heavy atom. The highest BCUT2D eigenvalue weighted by Gasteiger charge is 2.22. The smallest absolute Gasteiger partial charge is 0.263 e. The number of carbonyl (C=O) groups excluding carboxylic acids is 1. The first-order chi connectivity index (χ1) is 11.7. The number of carbonyl (C=O) groups is 1. The predicted molar refractivity (Wildman–Crippen MR) is 99.6 cm³/mol. The second kappa shape index (κ2) is 6.71. The number of anilines is 1. The Hall–Kier alpha value is -1.62. The molecule has 4 rings (SSSR count). The molecule has 2 aromatic heterocycles. The van der Waals surface area contributed by atoms with E-state index < -0.39 is 0 Å². The van der Waals surface area contributed by atoms with E-state index in [1.54, 1.807) is 0 Å². The minimum atomic E-state index is -0.0135. The number of nitrogens with zero attached hydrogens (tertiary/aromatic N) is 1. The van der Waals surface area contributed by atoms with Gasteiger partial charge in [-0.1, -0.05) is 25.7 Å². The number of rotatable bonds is 2. The molecule has 0 radical (unpaired) electrons. The highest BCUT2D eigenvalue weighted by atomic mass is 32.1. The first-order valence-electron chi connectivity index (χ1n) is 9.24. The SMILES string of the molecule is Nc1c(C(=O)NC2CCCCCC2)sc2nc3c(cc12)CCCC3. The van der Waals surface area contributed by atoms with Crippen LogP contribution in [0.15, 0.2) is 6.07 Å². The highest BCUT2D eigenvalue weighted by Crippen LogP contribution is 2.35. The van der Waals surface area contributed by atoms with Gasteiger partial charge in [-0.25, -0.2) is 4.98 Å². The molecule has 4 nitrogen and oxygen atoms in total. The van der Waals surface area contributed by atoms with Crippen LogP contribution in [0.1, 0.15) is 72.3 Å². The summed E-state index contributed by atoms with van der Waals surface area (Å²) in [5.74, 6) is -0.0135. The van der Waals surface area contributed by atoms with Crippen LogP contribution in [-0.4, -0.2) is 16.9 Å². The lowest BCUT2D eigenvalue weighted by Crippen LogP contribution is -2.34. The van der Waals surface area contributed by atoms with Gasteiger partial charge in [-0.3, -0.25) is 4.79 Å². The number of aryl methyl sites for hydroxylation is 2. The van der Waals surface area contributed by atoms with E-state index in [2.05, 4.69) is 11.4 Å². The van der Waals surface area contributed by atoms with Gasteiger partial charge in [0.05, 0.1) is 5.69 Å². The summed E-state index contributed by atoms with van der Waals surface area (Å²) in [6.07, 6.45) is 11.7. The van der Waals surface area contributed by atoms with E-state index in [0.29, 0.717) is 16.6 Å². The minimum absolute atomic E-state index is 0.0135. The topological polar surface area (TPSA) is 68.0 Å². The first kappa shape index (κ1) is 15.9. The van der Waals surface area contributed by atoms with Gasteiger partial charge < -0.3 is 11.1 Å². The van der Waals surface area contributed by atoms with Crippen LogP contribution in [0.5, 0.6) is 0 Å². The molecule has 0 unspecified atom stereocenters. The third kappa shape index (κ3) is 3.02. The van der Waals surface area contributed by atoms with E-state index in [9.17, 15) is 4.79 Å². The molecule has 2 aliphatic rings. The Balaban J connectivity index is 1.61. The Bertz CT molecular complexity index is 760. The number of hydrogen-bond acceptors (Lipinski definition) is 4. The summed E-state index contributed by atoms with van der Waals surface area (Å²) in [5, 5.41) is 4.17. The average Bonchev–Trinajstić information content (AvgIpc) is 2.77. The van der Waals surface area contributed by atoms with Crippen molar-refractivity contribution in [3.8, 4) is 0 Å². The lowest BCUT2D eigenvalue weighted by atomic mass is 9.95. The number of fused-ring (bicyclic) bond motifs is 2. The number of hydrogen-bond donors (Lipinski definition) is 2. The molecule has 5 heteroatoms. The van der Waals surface area contributed by atoms with E-state index in [4.69, 9.17) is 10.7 Å². The zero-order valence-electron chi connectivity index (χ0n) is 14.1. The molecule has 24 heavy (non-hydrogen) atoms. The van der Waals surface area contributed by atoms with Gasteiger partial charge in [-0.05, 0) is 50.2 Å². The van der Waals surface area contributed by atoms with E-state index in [-0.39, 0.29) is 5.91 Å². The third-order valence-electron chi connectivity index (χ3n) is 5.40. The van der Waals surface area contributed by atoms with Gasteiger partial charge >= 0.3 is 0 Å². The van der Waals surface area contributed by atoms with Gasteiger partial charge in [0.2, 0.25) is 0 Å². The van der Waals surface area contributed by atoms with E-state index in [0.717, 1.165) is 35.9 Å². The largest absolute Gasteiger partial charge is 0.397 e. The van der Waals surface area contributed by atoms with Gasteiger partial charge in [0.25, 0.3) is 5.91 Å². The van der Waals surface area contributed by atoms with E-state index >= 15 is 0 Å². The second-order valence-corrected chi connectivity index (χ2v) is 8.16. The molecule has 3 N–H and O–H groups in total. The van der Waals surface area contributed by atoms with Crippen LogP contribution in [0.25, 0.3) is 10.2 Å². The van der Waals surface area contributed by atoms with Crippen LogP contribution >= 0.6 is 11.3 Å². The zero-order valence-corrected chi connectivity index (χ0v) is 14.9. The van der Waals surface area contributed by atoms with E-state index in [1.165, 1.54) is 61.1 Å². The summed E-state index contributed by atoms with van der Waals surface area (Å²) >= 11 is 1.45. The van der Waals surface area contributed by atoms with Crippen molar-refractivity contribution in [2.45, 2.75) is 70.3 Å². The van der Waals surface area contributed by atoms with Gasteiger partial charge in [-0.2, -0.15) is 0 Å². The summed E-state index contributed by atoms with van der Waals surface area (Å²) in [6.45, 7) is 0. The molecule has 2 heterocycles. The number of nitrogen functional groups attached to an aromatic ring is 1. The number of nitrogens with two attached hydrogens (primary N) is 1. The molecule has 1 amide bonds. The summed E-state index contributed by atoms with van der Waals surface area (Å²) in [6, 6.07) is 2.47. The zero-order chi connectivity index (χ0) is 16.5. The number of nitrogens with one attached hydrogen (secondary N) is 1. The highest BCUT2D eigenvalue weighted by molar-refractivity contribution is 7.21. The normalized spacial score (nSPS) is 19.0. The van der Waals surface area contributed by atoms with Crippen LogP contribution in [0.2, 0.25) is 0 Å². The van der Waals surface area contributed by atoms with Crippen molar-refractivity contribution < 1.29 is 4.79 Å². The predicted octanol–water partition coefficient (Wildman–Crippen LogP) is 4.21. The molecule has 2 aliphatic carbocycles. The molecule has 0 aromatic carbocycles. The maximum atomic E-state index is 12.7. The second-order valence-electron chi connectivity index (χ2n) is 7.16. The molecule has 0 aliphatic heterocycles. The monoisotopic (exact) mass is 343 g/mol. The Morgan fingerprint density at radius 3 is 2.67 bits per heavy atom. The fourth-order valence-corrected chi connectivity index (χ4v) is 5.00. The maximum absolute atomic E-state index is 12.7. The van der Waals surface area contributed by atoms with Crippen LogP contribution in [0.4, 0.5) is 5.69 Å². The fraction of sp³-hybridized carbons (Fsp3) is 0.579. The van der Waals surface area contributed by atoms with Crippen molar-refractivity contribution >= 4 is 33.1 Å². The summed E-state index contributed by atoms with van der Waals surface area (Å²) in [5.41, 5.74) is 9.45. The molecule has 128 valence electrons.